The maximum atomic E-state index is 6.02. The summed E-state index contributed by atoms with van der Waals surface area (Å²) in [6.45, 7) is 2.96. The van der Waals surface area contributed by atoms with Crippen molar-refractivity contribution in [2.75, 3.05) is 6.61 Å². The highest BCUT2D eigenvalue weighted by atomic mass is 32.1. The third-order valence-electron chi connectivity index (χ3n) is 6.38. The van der Waals surface area contributed by atoms with Crippen LogP contribution in [0.4, 0.5) is 0 Å². The van der Waals surface area contributed by atoms with Gasteiger partial charge in [0.2, 0.25) is 0 Å². The van der Waals surface area contributed by atoms with Gasteiger partial charge in [-0.2, -0.15) is 4.37 Å². The summed E-state index contributed by atoms with van der Waals surface area (Å²) in [7, 11) is 0. The van der Waals surface area contributed by atoms with E-state index in [0.717, 1.165) is 50.3 Å². The first-order chi connectivity index (χ1) is 14.8. The van der Waals surface area contributed by atoms with Gasteiger partial charge in [-0.3, -0.25) is 0 Å². The normalized spacial score (nSPS) is 14.5. The molecule has 0 saturated heterocycles. The monoisotopic (exact) mass is 416 g/mol. The highest BCUT2D eigenvalue weighted by Gasteiger charge is 2.24. The zero-order chi connectivity index (χ0) is 20.3. The Balaban J connectivity index is 1.44. The summed E-state index contributed by atoms with van der Waals surface area (Å²) in [6, 6.07) is 13.5. The van der Waals surface area contributed by atoms with Crippen molar-refractivity contribution in [1.29, 1.82) is 0 Å². The van der Waals surface area contributed by atoms with Gasteiger partial charge in [0.1, 0.15) is 5.69 Å². The van der Waals surface area contributed by atoms with Crippen LogP contribution in [0.1, 0.15) is 67.0 Å². The van der Waals surface area contributed by atoms with E-state index in [-0.39, 0.29) is 0 Å². The Morgan fingerprint density at radius 1 is 0.867 bits per heavy atom. The lowest BCUT2D eigenvalue weighted by Crippen LogP contribution is -2.10. The van der Waals surface area contributed by atoms with Crippen molar-refractivity contribution < 1.29 is 4.74 Å². The molecule has 2 aromatic carbocycles. The van der Waals surface area contributed by atoms with Gasteiger partial charge in [-0.25, -0.2) is 0 Å². The van der Waals surface area contributed by atoms with E-state index in [4.69, 9.17) is 4.74 Å². The average Bonchev–Trinajstić information content (AvgIpc) is 3.26. The van der Waals surface area contributed by atoms with Gasteiger partial charge in [-0.05, 0) is 77.1 Å². The van der Waals surface area contributed by atoms with Crippen molar-refractivity contribution in [1.82, 2.24) is 8.75 Å². The molecule has 0 spiro atoms. The molecule has 0 amide bonds. The predicted molar refractivity (Wildman–Crippen MR) is 125 cm³/mol. The van der Waals surface area contributed by atoms with Crippen LogP contribution in [0.5, 0.6) is 5.88 Å². The highest BCUT2D eigenvalue weighted by Crippen LogP contribution is 2.41. The van der Waals surface area contributed by atoms with Gasteiger partial charge in [0.05, 0.1) is 18.3 Å². The number of benzene rings is 2. The minimum absolute atomic E-state index is 0.723. The van der Waals surface area contributed by atoms with Crippen molar-refractivity contribution in [2.24, 2.45) is 0 Å². The number of allylic oxidation sites excluding steroid dienone is 1. The fourth-order valence-corrected chi connectivity index (χ4v) is 5.30. The molecular weight excluding hydrogens is 388 g/mol. The lowest BCUT2D eigenvalue weighted by molar-refractivity contribution is 0.295. The minimum atomic E-state index is 0.723. The Labute approximate surface area is 183 Å². The SMILES string of the molecule is CCCCCCOc1nsnc1C1=Cc2c(ccc3c2CCc2ccccc2-3)CC1. The summed E-state index contributed by atoms with van der Waals surface area (Å²) < 4.78 is 15.1. The fourth-order valence-electron chi connectivity index (χ4n) is 4.76. The minimum Gasteiger partial charge on any atom is -0.475 e. The maximum Gasteiger partial charge on any atom is 0.253 e. The molecule has 1 aromatic heterocycles. The Kier molecular flexibility index (Phi) is 5.67. The largest absolute Gasteiger partial charge is 0.475 e. The van der Waals surface area contributed by atoms with Crippen molar-refractivity contribution in [2.45, 2.75) is 58.3 Å². The quantitative estimate of drug-likeness (QED) is 0.400. The molecule has 0 unspecified atom stereocenters. The van der Waals surface area contributed by atoms with Gasteiger partial charge in [-0.15, -0.1) is 4.37 Å². The van der Waals surface area contributed by atoms with Crippen LogP contribution in [0.3, 0.4) is 0 Å². The molecule has 0 radical (unpaired) electrons. The van der Waals surface area contributed by atoms with E-state index in [1.165, 1.54) is 69.9 Å². The number of ether oxygens (including phenoxy) is 1. The van der Waals surface area contributed by atoms with Gasteiger partial charge >= 0.3 is 0 Å². The van der Waals surface area contributed by atoms with Gasteiger partial charge in [0.15, 0.2) is 0 Å². The molecule has 4 heteroatoms. The zero-order valence-corrected chi connectivity index (χ0v) is 18.4. The second-order valence-corrected chi connectivity index (χ2v) is 8.85. The first-order valence-electron chi connectivity index (χ1n) is 11.2. The summed E-state index contributed by atoms with van der Waals surface area (Å²) in [4.78, 5) is 0. The second kappa shape index (κ2) is 8.73. The van der Waals surface area contributed by atoms with E-state index in [2.05, 4.69) is 58.1 Å². The molecule has 0 atom stereocenters. The van der Waals surface area contributed by atoms with E-state index < -0.39 is 0 Å². The lowest BCUT2D eigenvalue weighted by atomic mass is 9.79. The zero-order valence-electron chi connectivity index (χ0n) is 17.6. The van der Waals surface area contributed by atoms with Crippen LogP contribution in [0, 0.1) is 0 Å². The van der Waals surface area contributed by atoms with Gasteiger partial charge in [0, 0.05) is 0 Å². The molecule has 0 aliphatic heterocycles. The highest BCUT2D eigenvalue weighted by molar-refractivity contribution is 6.99. The molecule has 5 rings (SSSR count). The molecule has 30 heavy (non-hydrogen) atoms. The Hall–Kier alpha value is -2.46. The van der Waals surface area contributed by atoms with Gasteiger partial charge in [-0.1, -0.05) is 62.6 Å². The van der Waals surface area contributed by atoms with Crippen LogP contribution in [-0.2, 0) is 19.3 Å². The molecule has 154 valence electrons. The van der Waals surface area contributed by atoms with Crippen LogP contribution in [0.15, 0.2) is 36.4 Å². The molecule has 2 aliphatic rings. The van der Waals surface area contributed by atoms with Crippen molar-refractivity contribution >= 4 is 23.4 Å². The number of hydrogen-bond acceptors (Lipinski definition) is 4. The number of aryl methyl sites for hydroxylation is 2. The van der Waals surface area contributed by atoms with Gasteiger partial charge in [0.25, 0.3) is 5.88 Å². The second-order valence-electron chi connectivity index (χ2n) is 8.32. The van der Waals surface area contributed by atoms with E-state index in [9.17, 15) is 0 Å². The molecule has 0 fully saturated rings. The Morgan fingerprint density at radius 3 is 2.70 bits per heavy atom. The first kappa shape index (κ1) is 19.5. The molecule has 0 N–H and O–H groups in total. The third kappa shape index (κ3) is 3.69. The molecule has 0 bridgehead atoms. The van der Waals surface area contributed by atoms with Crippen LogP contribution in [-0.4, -0.2) is 15.4 Å². The number of aromatic nitrogens is 2. The van der Waals surface area contributed by atoms with Gasteiger partial charge < -0.3 is 4.74 Å². The topological polar surface area (TPSA) is 35.0 Å². The van der Waals surface area contributed by atoms with E-state index in [0.29, 0.717) is 0 Å². The van der Waals surface area contributed by atoms with Crippen molar-refractivity contribution in [3.8, 4) is 17.0 Å². The molecule has 3 nitrogen and oxygen atoms in total. The van der Waals surface area contributed by atoms with E-state index in [1.807, 2.05) is 0 Å². The summed E-state index contributed by atoms with van der Waals surface area (Å²) in [6.07, 6.45) is 11.5. The number of unbranched alkanes of at least 4 members (excludes halogenated alkanes) is 3. The molecular formula is C26H28N2OS. The molecule has 2 aliphatic carbocycles. The Morgan fingerprint density at radius 2 is 1.77 bits per heavy atom. The summed E-state index contributed by atoms with van der Waals surface area (Å²) >= 11 is 1.26. The lowest BCUT2D eigenvalue weighted by Gasteiger charge is -2.26. The third-order valence-corrected chi connectivity index (χ3v) is 6.89. The number of nitrogens with zero attached hydrogens (tertiary/aromatic N) is 2. The number of rotatable bonds is 7. The fraction of sp³-hybridized carbons (Fsp3) is 0.385. The summed E-state index contributed by atoms with van der Waals surface area (Å²) in [5, 5.41) is 0. The summed E-state index contributed by atoms with van der Waals surface area (Å²) in [5.74, 6) is 0.723. The van der Waals surface area contributed by atoms with Crippen LogP contribution in [0.2, 0.25) is 0 Å². The molecule has 1 heterocycles. The Bertz CT molecular complexity index is 1080. The van der Waals surface area contributed by atoms with Crippen molar-refractivity contribution in [3.05, 3.63) is 64.3 Å². The first-order valence-corrected chi connectivity index (χ1v) is 12.0. The van der Waals surface area contributed by atoms with Crippen LogP contribution in [0.25, 0.3) is 22.8 Å². The van der Waals surface area contributed by atoms with Crippen molar-refractivity contribution in [3.63, 3.8) is 0 Å². The summed E-state index contributed by atoms with van der Waals surface area (Å²) in [5.41, 5.74) is 10.8. The van der Waals surface area contributed by atoms with E-state index in [1.54, 1.807) is 0 Å². The maximum absolute atomic E-state index is 6.02. The number of fused-ring (bicyclic) bond motifs is 5. The predicted octanol–water partition coefficient (Wildman–Crippen LogP) is 6.75. The average molecular weight is 417 g/mol. The molecule has 0 saturated carbocycles. The number of hydrogen-bond donors (Lipinski definition) is 0. The van der Waals surface area contributed by atoms with Crippen LogP contribution < -0.4 is 4.74 Å². The van der Waals surface area contributed by atoms with E-state index >= 15 is 0 Å². The standard InChI is InChI=1S/C26H28N2OS/c1-2-3-4-7-16-29-26-25(27-30-28-26)20-11-10-19-13-14-22-21-9-6-5-8-18(21)12-15-23(22)24(19)17-20/h5-6,8-9,13-14,17H,2-4,7,10-12,15-16H2,1H3. The molecule has 3 aromatic rings. The van der Waals surface area contributed by atoms with Crippen LogP contribution >= 0.6 is 11.7 Å². The smallest absolute Gasteiger partial charge is 0.253 e.